The summed E-state index contributed by atoms with van der Waals surface area (Å²) in [7, 11) is 0. The second-order valence-corrected chi connectivity index (χ2v) is 4.26. The average molecular weight is 209 g/mol. The van der Waals surface area contributed by atoms with Crippen LogP contribution in [0.1, 0.15) is 43.2 Å². The summed E-state index contributed by atoms with van der Waals surface area (Å²) in [6, 6.07) is 9.75. The third-order valence-corrected chi connectivity index (χ3v) is 3.06. The molecule has 1 aromatic carbocycles. The third kappa shape index (κ3) is 2.65. The summed E-state index contributed by atoms with van der Waals surface area (Å²) in [5, 5.41) is 8.94. The molecule has 0 unspecified atom stereocenters. The van der Waals surface area contributed by atoms with Crippen molar-refractivity contribution in [2.75, 3.05) is 0 Å². The predicted molar refractivity (Wildman–Crippen MR) is 64.6 cm³/mol. The Bertz CT molecular complexity index is 450. The van der Waals surface area contributed by atoms with Crippen molar-refractivity contribution in [1.82, 2.24) is 0 Å². The summed E-state index contributed by atoms with van der Waals surface area (Å²) in [5.74, 6) is 7.01. The molecule has 0 N–H and O–H groups in total. The smallest absolute Gasteiger partial charge is 0.100 e. The van der Waals surface area contributed by atoms with Crippen molar-refractivity contribution >= 4 is 0 Å². The number of nitriles is 1. The van der Waals surface area contributed by atoms with Crippen molar-refractivity contribution in [1.29, 1.82) is 5.26 Å². The van der Waals surface area contributed by atoms with Crippen LogP contribution in [0.4, 0.5) is 0 Å². The number of hydrogen-bond donors (Lipinski definition) is 0. The van der Waals surface area contributed by atoms with Crippen LogP contribution in [0.15, 0.2) is 24.3 Å². The zero-order valence-electron chi connectivity index (χ0n) is 9.37. The van der Waals surface area contributed by atoms with Crippen LogP contribution in [0.25, 0.3) is 0 Å². The van der Waals surface area contributed by atoms with Crippen molar-refractivity contribution in [3.05, 3.63) is 35.4 Å². The van der Waals surface area contributed by atoms with Gasteiger partial charge in [-0.2, -0.15) is 5.26 Å². The minimum atomic E-state index is 0.542. The topological polar surface area (TPSA) is 23.8 Å². The van der Waals surface area contributed by atoms with E-state index in [0.717, 1.165) is 5.56 Å². The molecule has 2 rings (SSSR count). The average Bonchev–Trinajstić information content (AvgIpc) is 2.38. The van der Waals surface area contributed by atoms with E-state index in [2.05, 4.69) is 17.9 Å². The molecular formula is C15H15N. The van der Waals surface area contributed by atoms with Crippen LogP contribution >= 0.6 is 0 Å². The second-order valence-electron chi connectivity index (χ2n) is 4.26. The quantitative estimate of drug-likeness (QED) is 0.600. The third-order valence-electron chi connectivity index (χ3n) is 3.06. The van der Waals surface area contributed by atoms with Gasteiger partial charge in [-0.05, 0) is 25.0 Å². The van der Waals surface area contributed by atoms with Gasteiger partial charge in [0.2, 0.25) is 0 Å². The van der Waals surface area contributed by atoms with E-state index in [1.165, 1.54) is 32.1 Å². The molecule has 1 fully saturated rings. The Morgan fingerprint density at radius 1 is 1.00 bits per heavy atom. The molecule has 0 saturated heterocycles. The molecule has 0 spiro atoms. The van der Waals surface area contributed by atoms with E-state index in [0.29, 0.717) is 11.5 Å². The normalized spacial score (nSPS) is 15.9. The summed E-state index contributed by atoms with van der Waals surface area (Å²) in [4.78, 5) is 0. The monoisotopic (exact) mass is 209 g/mol. The van der Waals surface area contributed by atoms with Gasteiger partial charge in [0, 0.05) is 11.5 Å². The highest BCUT2D eigenvalue weighted by molar-refractivity contribution is 5.47. The standard InChI is InChI=1S/C15H15N/c16-12-15-9-5-4-8-14(15)11-10-13-6-2-1-3-7-13/h4-5,8-9,13H,1-3,6-7H2. The molecule has 0 aromatic heterocycles. The van der Waals surface area contributed by atoms with Crippen molar-refractivity contribution in [3.63, 3.8) is 0 Å². The van der Waals surface area contributed by atoms with E-state index in [1.54, 1.807) is 0 Å². The molecule has 1 aliphatic rings. The highest BCUT2D eigenvalue weighted by Gasteiger charge is 2.09. The lowest BCUT2D eigenvalue weighted by Gasteiger charge is -2.15. The zero-order chi connectivity index (χ0) is 11.2. The van der Waals surface area contributed by atoms with Gasteiger partial charge in [-0.25, -0.2) is 0 Å². The fourth-order valence-corrected chi connectivity index (χ4v) is 2.12. The number of hydrogen-bond acceptors (Lipinski definition) is 1. The van der Waals surface area contributed by atoms with E-state index >= 15 is 0 Å². The summed E-state index contributed by atoms with van der Waals surface area (Å²) < 4.78 is 0. The van der Waals surface area contributed by atoms with Gasteiger partial charge in [-0.15, -0.1) is 0 Å². The Morgan fingerprint density at radius 2 is 1.69 bits per heavy atom. The van der Waals surface area contributed by atoms with Crippen molar-refractivity contribution in [2.45, 2.75) is 32.1 Å². The van der Waals surface area contributed by atoms with Crippen molar-refractivity contribution < 1.29 is 0 Å². The molecule has 80 valence electrons. The largest absolute Gasteiger partial charge is 0.192 e. The van der Waals surface area contributed by atoms with Gasteiger partial charge in [0.15, 0.2) is 0 Å². The molecule has 1 saturated carbocycles. The maximum absolute atomic E-state index is 8.94. The fourth-order valence-electron chi connectivity index (χ4n) is 2.12. The maximum Gasteiger partial charge on any atom is 0.100 e. The summed E-state index contributed by atoms with van der Waals surface area (Å²) >= 11 is 0. The van der Waals surface area contributed by atoms with Crippen molar-refractivity contribution in [3.8, 4) is 17.9 Å². The van der Waals surface area contributed by atoms with Gasteiger partial charge in [-0.3, -0.25) is 0 Å². The van der Waals surface area contributed by atoms with Gasteiger partial charge in [0.25, 0.3) is 0 Å². The maximum atomic E-state index is 8.94. The Balaban J connectivity index is 2.14. The predicted octanol–water partition coefficient (Wildman–Crippen LogP) is 3.49. The molecule has 1 heteroatoms. The first kappa shape index (κ1) is 10.8. The van der Waals surface area contributed by atoms with Crippen molar-refractivity contribution in [2.24, 2.45) is 5.92 Å². The lowest BCUT2D eigenvalue weighted by Crippen LogP contribution is -2.03. The van der Waals surface area contributed by atoms with Gasteiger partial charge >= 0.3 is 0 Å². The summed E-state index contributed by atoms with van der Waals surface area (Å²) in [5.41, 5.74) is 1.56. The van der Waals surface area contributed by atoms with Gasteiger partial charge < -0.3 is 0 Å². The number of benzene rings is 1. The van der Waals surface area contributed by atoms with Crippen LogP contribution in [0.5, 0.6) is 0 Å². The lowest BCUT2D eigenvalue weighted by atomic mass is 9.89. The molecule has 0 radical (unpaired) electrons. The lowest BCUT2D eigenvalue weighted by molar-refractivity contribution is 0.430. The van der Waals surface area contributed by atoms with E-state index in [1.807, 2.05) is 24.3 Å². The van der Waals surface area contributed by atoms with Gasteiger partial charge in [-0.1, -0.05) is 43.2 Å². The number of rotatable bonds is 0. The Hall–Kier alpha value is -1.73. The summed E-state index contributed by atoms with van der Waals surface area (Å²) in [6.45, 7) is 0. The van der Waals surface area contributed by atoms with Gasteiger partial charge in [0.05, 0.1) is 5.56 Å². The molecule has 0 heterocycles. The molecule has 1 nitrogen and oxygen atoms in total. The minimum absolute atomic E-state index is 0.542. The Labute approximate surface area is 97.1 Å². The van der Waals surface area contributed by atoms with E-state index in [-0.39, 0.29) is 0 Å². The highest BCUT2D eigenvalue weighted by atomic mass is 14.2. The van der Waals surface area contributed by atoms with Crippen LogP contribution in [-0.4, -0.2) is 0 Å². The summed E-state index contributed by atoms with van der Waals surface area (Å²) in [6.07, 6.45) is 6.41. The van der Waals surface area contributed by atoms with E-state index < -0.39 is 0 Å². The SMILES string of the molecule is N#Cc1ccccc1C#CC1CCCCC1. The molecule has 0 amide bonds. The van der Waals surface area contributed by atoms with Crippen LogP contribution in [-0.2, 0) is 0 Å². The second kappa shape index (κ2) is 5.38. The Kier molecular flexibility index (Phi) is 3.62. The van der Waals surface area contributed by atoms with Crippen LogP contribution in [0, 0.1) is 29.1 Å². The first-order valence-electron chi connectivity index (χ1n) is 5.91. The van der Waals surface area contributed by atoms with Gasteiger partial charge in [0.1, 0.15) is 6.07 Å². The van der Waals surface area contributed by atoms with Crippen LogP contribution < -0.4 is 0 Å². The molecule has 1 aliphatic carbocycles. The first-order valence-corrected chi connectivity index (χ1v) is 5.91. The molecular weight excluding hydrogens is 194 g/mol. The zero-order valence-corrected chi connectivity index (χ0v) is 9.37. The molecule has 0 bridgehead atoms. The molecule has 16 heavy (non-hydrogen) atoms. The minimum Gasteiger partial charge on any atom is -0.192 e. The van der Waals surface area contributed by atoms with Crippen LogP contribution in [0.2, 0.25) is 0 Å². The van der Waals surface area contributed by atoms with E-state index in [9.17, 15) is 0 Å². The number of nitrogens with zero attached hydrogens (tertiary/aromatic N) is 1. The van der Waals surface area contributed by atoms with E-state index in [4.69, 9.17) is 5.26 Å². The van der Waals surface area contributed by atoms with Crippen LogP contribution in [0.3, 0.4) is 0 Å². The molecule has 0 aliphatic heterocycles. The first-order chi connectivity index (χ1) is 7.90. The molecule has 0 atom stereocenters. The highest BCUT2D eigenvalue weighted by Crippen LogP contribution is 2.22. The molecule has 1 aromatic rings. The Morgan fingerprint density at radius 3 is 2.38 bits per heavy atom. The fraction of sp³-hybridized carbons (Fsp3) is 0.400.